The summed E-state index contributed by atoms with van der Waals surface area (Å²) in [4.78, 5) is 21.5. The molecule has 1 fully saturated rings. The van der Waals surface area contributed by atoms with Gasteiger partial charge in [0.2, 0.25) is 0 Å². The quantitative estimate of drug-likeness (QED) is 0.885. The second-order valence-corrected chi connectivity index (χ2v) is 6.21. The average molecular weight is 356 g/mol. The first-order valence-corrected chi connectivity index (χ1v) is 8.53. The van der Waals surface area contributed by atoms with E-state index in [1.54, 1.807) is 38.6 Å². The number of anilines is 2. The Kier molecular flexibility index (Phi) is 5.58. The third-order valence-corrected chi connectivity index (χ3v) is 4.50. The van der Waals surface area contributed by atoms with E-state index in [9.17, 15) is 4.79 Å². The Hall–Kier alpha value is -2.80. The van der Waals surface area contributed by atoms with E-state index in [0.717, 1.165) is 31.9 Å². The van der Waals surface area contributed by atoms with E-state index in [2.05, 4.69) is 27.1 Å². The predicted molar refractivity (Wildman–Crippen MR) is 101 cm³/mol. The Morgan fingerprint density at radius 1 is 1.08 bits per heavy atom. The van der Waals surface area contributed by atoms with Crippen molar-refractivity contribution in [3.05, 3.63) is 42.2 Å². The lowest BCUT2D eigenvalue weighted by Crippen LogP contribution is -2.44. The molecule has 7 nitrogen and oxygen atoms in total. The smallest absolute Gasteiger partial charge is 0.274 e. The number of hydrogen-bond acceptors (Lipinski definition) is 6. The number of ether oxygens (including phenoxy) is 2. The van der Waals surface area contributed by atoms with Crippen LogP contribution in [0.2, 0.25) is 0 Å². The monoisotopic (exact) mass is 356 g/mol. The summed E-state index contributed by atoms with van der Waals surface area (Å²) in [5.41, 5.74) is 1.92. The molecule has 2 heterocycles. The second-order valence-electron chi connectivity index (χ2n) is 6.21. The number of rotatable bonds is 5. The zero-order valence-corrected chi connectivity index (χ0v) is 15.4. The number of carbonyl (C=O) groups is 1. The minimum atomic E-state index is -0.285. The van der Waals surface area contributed by atoms with E-state index in [0.29, 0.717) is 22.9 Å². The molecular formula is C19H24N4O3. The number of nitrogens with zero attached hydrogens (tertiary/aromatic N) is 3. The molecule has 1 aromatic heterocycles. The summed E-state index contributed by atoms with van der Waals surface area (Å²) in [5, 5.41) is 2.86. The van der Waals surface area contributed by atoms with Crippen molar-refractivity contribution < 1.29 is 14.3 Å². The standard InChI is InChI=1S/C19H24N4O3/c1-22-8-10-23(11-9-22)14-6-7-20-17(12-14)19(24)21-16-13-15(25-2)4-5-18(16)26-3/h4-7,12-13H,8-11H2,1-3H3,(H,21,24). The van der Waals surface area contributed by atoms with Crippen molar-refractivity contribution in [2.24, 2.45) is 0 Å². The largest absolute Gasteiger partial charge is 0.497 e. The van der Waals surface area contributed by atoms with Crippen LogP contribution in [0.15, 0.2) is 36.5 Å². The fourth-order valence-corrected chi connectivity index (χ4v) is 2.90. The minimum absolute atomic E-state index is 0.285. The van der Waals surface area contributed by atoms with Gasteiger partial charge in [0.15, 0.2) is 0 Å². The lowest BCUT2D eigenvalue weighted by Gasteiger charge is -2.34. The van der Waals surface area contributed by atoms with Crippen LogP contribution in [-0.4, -0.2) is 63.2 Å². The molecule has 1 saturated heterocycles. The number of pyridine rings is 1. The molecule has 0 saturated carbocycles. The highest BCUT2D eigenvalue weighted by atomic mass is 16.5. The van der Waals surface area contributed by atoms with Gasteiger partial charge in [-0.25, -0.2) is 0 Å². The van der Waals surface area contributed by atoms with Crippen LogP contribution in [0.4, 0.5) is 11.4 Å². The molecule has 0 bridgehead atoms. The van der Waals surface area contributed by atoms with Crippen molar-refractivity contribution >= 4 is 17.3 Å². The first-order valence-electron chi connectivity index (χ1n) is 8.53. The van der Waals surface area contributed by atoms with Crippen LogP contribution < -0.4 is 19.7 Å². The number of carbonyl (C=O) groups excluding carboxylic acids is 1. The van der Waals surface area contributed by atoms with Gasteiger partial charge in [-0.05, 0) is 31.3 Å². The Labute approximate surface area is 153 Å². The summed E-state index contributed by atoms with van der Waals surface area (Å²) in [7, 11) is 5.25. The van der Waals surface area contributed by atoms with Crippen LogP contribution in [0.5, 0.6) is 11.5 Å². The molecule has 0 radical (unpaired) electrons. The third kappa shape index (κ3) is 4.05. The zero-order chi connectivity index (χ0) is 18.5. The normalized spacial score (nSPS) is 14.8. The molecule has 1 aromatic carbocycles. The lowest BCUT2D eigenvalue weighted by atomic mass is 10.2. The minimum Gasteiger partial charge on any atom is -0.497 e. The number of benzene rings is 1. The SMILES string of the molecule is COc1ccc(OC)c(NC(=O)c2cc(N3CCN(C)CC3)ccn2)c1. The van der Waals surface area contributed by atoms with Crippen molar-refractivity contribution in [1.29, 1.82) is 0 Å². The summed E-state index contributed by atoms with van der Waals surface area (Å²) >= 11 is 0. The molecule has 1 aliphatic rings. The third-order valence-electron chi connectivity index (χ3n) is 4.50. The van der Waals surface area contributed by atoms with Crippen LogP contribution in [0.1, 0.15) is 10.5 Å². The molecule has 138 valence electrons. The summed E-state index contributed by atoms with van der Waals surface area (Å²) in [6.07, 6.45) is 1.67. The summed E-state index contributed by atoms with van der Waals surface area (Å²) < 4.78 is 10.5. The summed E-state index contributed by atoms with van der Waals surface area (Å²) in [6, 6.07) is 9.02. The molecule has 0 aliphatic carbocycles. The number of hydrogen-bond donors (Lipinski definition) is 1. The number of piperazine rings is 1. The summed E-state index contributed by atoms with van der Waals surface area (Å²) in [5.74, 6) is 0.919. The summed E-state index contributed by atoms with van der Waals surface area (Å²) in [6.45, 7) is 3.88. The fourth-order valence-electron chi connectivity index (χ4n) is 2.90. The molecule has 1 amide bonds. The van der Waals surface area contributed by atoms with Gasteiger partial charge in [0.05, 0.1) is 19.9 Å². The average Bonchev–Trinajstić information content (AvgIpc) is 2.68. The lowest BCUT2D eigenvalue weighted by molar-refractivity contribution is 0.102. The number of aromatic nitrogens is 1. The van der Waals surface area contributed by atoms with E-state index in [4.69, 9.17) is 9.47 Å². The van der Waals surface area contributed by atoms with Crippen molar-refractivity contribution in [3.63, 3.8) is 0 Å². The Morgan fingerprint density at radius 3 is 2.54 bits per heavy atom. The highest BCUT2D eigenvalue weighted by Gasteiger charge is 2.17. The van der Waals surface area contributed by atoms with Gasteiger partial charge < -0.3 is 24.6 Å². The highest BCUT2D eigenvalue weighted by Crippen LogP contribution is 2.29. The van der Waals surface area contributed by atoms with E-state index in [-0.39, 0.29) is 5.91 Å². The fraction of sp³-hybridized carbons (Fsp3) is 0.368. The number of likely N-dealkylation sites (N-methyl/N-ethyl adjacent to an activating group) is 1. The molecule has 3 rings (SSSR count). The predicted octanol–water partition coefficient (Wildman–Crippen LogP) is 2.10. The van der Waals surface area contributed by atoms with Gasteiger partial charge in [-0.3, -0.25) is 9.78 Å². The molecule has 1 N–H and O–H groups in total. The van der Waals surface area contributed by atoms with Crippen LogP contribution in [-0.2, 0) is 0 Å². The Balaban J connectivity index is 1.77. The first-order chi connectivity index (χ1) is 12.6. The molecule has 0 spiro atoms. The second kappa shape index (κ2) is 8.05. The molecule has 26 heavy (non-hydrogen) atoms. The number of amides is 1. The molecule has 0 unspecified atom stereocenters. The van der Waals surface area contributed by atoms with E-state index in [1.807, 2.05) is 12.1 Å². The van der Waals surface area contributed by atoms with Gasteiger partial charge in [0, 0.05) is 44.1 Å². The van der Waals surface area contributed by atoms with Crippen LogP contribution in [0, 0.1) is 0 Å². The van der Waals surface area contributed by atoms with Gasteiger partial charge in [-0.15, -0.1) is 0 Å². The number of nitrogens with one attached hydrogen (secondary N) is 1. The molecule has 7 heteroatoms. The van der Waals surface area contributed by atoms with Gasteiger partial charge >= 0.3 is 0 Å². The molecule has 1 aliphatic heterocycles. The molecule has 2 aromatic rings. The molecule has 0 atom stereocenters. The van der Waals surface area contributed by atoms with E-state index in [1.165, 1.54) is 0 Å². The van der Waals surface area contributed by atoms with Crippen molar-refractivity contribution in [2.45, 2.75) is 0 Å². The Morgan fingerprint density at radius 2 is 1.85 bits per heavy atom. The first kappa shape index (κ1) is 18.0. The van der Waals surface area contributed by atoms with Gasteiger partial charge in [-0.1, -0.05) is 0 Å². The van der Waals surface area contributed by atoms with Crippen molar-refractivity contribution in [1.82, 2.24) is 9.88 Å². The van der Waals surface area contributed by atoms with E-state index < -0.39 is 0 Å². The maximum Gasteiger partial charge on any atom is 0.274 e. The highest BCUT2D eigenvalue weighted by molar-refractivity contribution is 6.04. The van der Waals surface area contributed by atoms with Crippen LogP contribution in [0.3, 0.4) is 0 Å². The topological polar surface area (TPSA) is 66.9 Å². The van der Waals surface area contributed by atoms with Crippen LogP contribution in [0.25, 0.3) is 0 Å². The Bertz CT molecular complexity index is 773. The maximum atomic E-state index is 12.7. The molecular weight excluding hydrogens is 332 g/mol. The van der Waals surface area contributed by atoms with Crippen molar-refractivity contribution in [3.8, 4) is 11.5 Å². The van der Waals surface area contributed by atoms with Gasteiger partial charge in [-0.2, -0.15) is 0 Å². The van der Waals surface area contributed by atoms with Crippen LogP contribution >= 0.6 is 0 Å². The van der Waals surface area contributed by atoms with Crippen molar-refractivity contribution in [2.75, 3.05) is 57.7 Å². The van der Waals surface area contributed by atoms with Gasteiger partial charge in [0.25, 0.3) is 5.91 Å². The van der Waals surface area contributed by atoms with Gasteiger partial charge in [0.1, 0.15) is 17.2 Å². The maximum absolute atomic E-state index is 12.7. The van der Waals surface area contributed by atoms with E-state index >= 15 is 0 Å². The zero-order valence-electron chi connectivity index (χ0n) is 15.4. The number of methoxy groups -OCH3 is 2.